The van der Waals surface area contributed by atoms with E-state index < -0.39 is 0 Å². The Bertz CT molecular complexity index is 307. The van der Waals surface area contributed by atoms with Crippen molar-refractivity contribution >= 4 is 11.3 Å². The molecule has 1 rings (SSSR count). The predicted molar refractivity (Wildman–Crippen MR) is 62.9 cm³/mol. The maximum Gasteiger partial charge on any atom is 0.0982 e. The zero-order valence-corrected chi connectivity index (χ0v) is 10.5. The Morgan fingerprint density at radius 1 is 1.29 bits per heavy atom. The molecule has 0 bridgehead atoms. The number of rotatable bonds is 2. The van der Waals surface area contributed by atoms with Crippen LogP contribution in [0, 0.1) is 0 Å². The van der Waals surface area contributed by atoms with E-state index in [9.17, 15) is 0 Å². The van der Waals surface area contributed by atoms with Crippen molar-refractivity contribution in [2.75, 3.05) is 6.54 Å². The minimum absolute atomic E-state index is 0. The molecule has 0 saturated carbocycles. The molecular formula is C11H20N2S. The molecule has 2 nitrogen and oxygen atoms in total. The highest BCUT2D eigenvalue weighted by molar-refractivity contribution is 7.09. The lowest BCUT2D eigenvalue weighted by Crippen LogP contribution is -2.28. The van der Waals surface area contributed by atoms with Crippen molar-refractivity contribution in [3.8, 4) is 0 Å². The van der Waals surface area contributed by atoms with E-state index in [-0.39, 0.29) is 10.8 Å². The van der Waals surface area contributed by atoms with Gasteiger partial charge in [0.1, 0.15) is 0 Å². The second kappa shape index (κ2) is 3.63. The second-order valence-corrected chi connectivity index (χ2v) is 6.23. The molecule has 0 aliphatic heterocycles. The monoisotopic (exact) mass is 212 g/mol. The molecule has 2 N–H and O–H groups in total. The van der Waals surface area contributed by atoms with Crippen molar-refractivity contribution in [3.05, 3.63) is 16.1 Å². The van der Waals surface area contributed by atoms with Crippen molar-refractivity contribution in [2.24, 2.45) is 5.73 Å². The predicted octanol–water partition coefficient (Wildman–Crippen LogP) is 2.68. The summed E-state index contributed by atoms with van der Waals surface area (Å²) >= 11 is 1.73. The van der Waals surface area contributed by atoms with Gasteiger partial charge in [-0.05, 0) is 0 Å². The van der Waals surface area contributed by atoms with Crippen LogP contribution < -0.4 is 5.73 Å². The fourth-order valence-corrected chi connectivity index (χ4v) is 2.13. The highest BCUT2D eigenvalue weighted by atomic mass is 32.1. The van der Waals surface area contributed by atoms with Gasteiger partial charge in [0.2, 0.25) is 0 Å². The fourth-order valence-electron chi connectivity index (χ4n) is 1.03. The molecule has 0 aromatic carbocycles. The third-order valence-electron chi connectivity index (χ3n) is 2.35. The van der Waals surface area contributed by atoms with Gasteiger partial charge in [-0.25, -0.2) is 4.98 Å². The number of nitrogens with two attached hydrogens (primary N) is 1. The number of nitrogens with zero attached hydrogens (tertiary/aromatic N) is 1. The molecule has 1 heterocycles. The van der Waals surface area contributed by atoms with Gasteiger partial charge < -0.3 is 5.73 Å². The zero-order valence-electron chi connectivity index (χ0n) is 9.72. The summed E-state index contributed by atoms with van der Waals surface area (Å²) in [5.41, 5.74) is 6.99. The normalized spacial score (nSPS) is 13.3. The number of thiazole rings is 1. The SMILES string of the molecule is CC(C)(C)c1nc(C(C)(C)CN)cs1. The van der Waals surface area contributed by atoms with Crippen molar-refractivity contribution in [1.82, 2.24) is 4.98 Å². The Kier molecular flexibility index (Phi) is 3.02. The summed E-state index contributed by atoms with van der Waals surface area (Å²) in [7, 11) is 0. The van der Waals surface area contributed by atoms with Crippen molar-refractivity contribution in [3.63, 3.8) is 0 Å². The van der Waals surface area contributed by atoms with Gasteiger partial charge in [0.25, 0.3) is 0 Å². The van der Waals surface area contributed by atoms with Gasteiger partial charge in [0.05, 0.1) is 10.7 Å². The van der Waals surface area contributed by atoms with Crippen molar-refractivity contribution in [2.45, 2.75) is 45.4 Å². The lowest BCUT2D eigenvalue weighted by molar-refractivity contribution is 0.513. The molecular weight excluding hydrogens is 192 g/mol. The standard InChI is InChI=1S/C11H20N2S/c1-10(2,3)9-13-8(6-14-9)11(4,5)7-12/h6H,7,12H2,1-5H3. The average molecular weight is 212 g/mol. The molecule has 0 saturated heterocycles. The van der Waals surface area contributed by atoms with Crippen molar-refractivity contribution in [1.29, 1.82) is 0 Å². The second-order valence-electron chi connectivity index (χ2n) is 5.38. The van der Waals surface area contributed by atoms with E-state index in [0.29, 0.717) is 6.54 Å². The van der Waals surface area contributed by atoms with Crippen molar-refractivity contribution < 1.29 is 0 Å². The van der Waals surface area contributed by atoms with E-state index in [1.165, 1.54) is 5.01 Å². The summed E-state index contributed by atoms with van der Waals surface area (Å²) in [5.74, 6) is 0. The van der Waals surface area contributed by atoms with Crippen LogP contribution in [-0.4, -0.2) is 11.5 Å². The van der Waals surface area contributed by atoms with Crippen LogP contribution in [0.1, 0.15) is 45.3 Å². The molecule has 0 amide bonds. The number of aromatic nitrogens is 1. The topological polar surface area (TPSA) is 38.9 Å². The van der Waals surface area contributed by atoms with Gasteiger partial charge in [-0.15, -0.1) is 11.3 Å². The third kappa shape index (κ3) is 2.34. The van der Waals surface area contributed by atoms with E-state index in [0.717, 1.165) is 5.69 Å². The summed E-state index contributed by atoms with van der Waals surface area (Å²) in [6, 6.07) is 0. The highest BCUT2D eigenvalue weighted by Gasteiger charge is 2.25. The zero-order chi connectivity index (χ0) is 11.0. The lowest BCUT2D eigenvalue weighted by Gasteiger charge is -2.20. The van der Waals surface area contributed by atoms with Gasteiger partial charge in [-0.3, -0.25) is 0 Å². The molecule has 1 aromatic heterocycles. The molecule has 1 aromatic rings. The summed E-state index contributed by atoms with van der Waals surface area (Å²) < 4.78 is 0. The number of hydrogen-bond donors (Lipinski definition) is 1. The third-order valence-corrected chi connectivity index (χ3v) is 3.62. The Morgan fingerprint density at radius 3 is 2.21 bits per heavy atom. The van der Waals surface area contributed by atoms with Crippen LogP contribution in [0.4, 0.5) is 0 Å². The molecule has 0 radical (unpaired) electrons. The maximum absolute atomic E-state index is 5.72. The van der Waals surface area contributed by atoms with E-state index >= 15 is 0 Å². The summed E-state index contributed by atoms with van der Waals surface area (Å²) in [5, 5.41) is 3.32. The molecule has 80 valence electrons. The molecule has 0 aliphatic carbocycles. The van der Waals surface area contributed by atoms with E-state index in [1.54, 1.807) is 11.3 Å². The van der Waals surface area contributed by atoms with E-state index in [2.05, 4.69) is 45.0 Å². The summed E-state index contributed by atoms with van der Waals surface area (Å²) in [6.07, 6.45) is 0. The quantitative estimate of drug-likeness (QED) is 0.818. The van der Waals surface area contributed by atoms with E-state index in [1.807, 2.05) is 0 Å². The molecule has 0 aliphatic rings. The first-order chi connectivity index (χ1) is 6.27. The summed E-state index contributed by atoms with van der Waals surface area (Å²) in [6.45, 7) is 11.5. The van der Waals surface area contributed by atoms with Gasteiger partial charge in [0, 0.05) is 22.8 Å². The molecule has 3 heteroatoms. The number of hydrogen-bond acceptors (Lipinski definition) is 3. The Hall–Kier alpha value is -0.410. The Morgan fingerprint density at radius 2 is 1.86 bits per heavy atom. The van der Waals surface area contributed by atoms with Gasteiger partial charge in [-0.2, -0.15) is 0 Å². The average Bonchev–Trinajstić information content (AvgIpc) is 2.51. The van der Waals surface area contributed by atoms with Gasteiger partial charge >= 0.3 is 0 Å². The smallest absolute Gasteiger partial charge is 0.0982 e. The Balaban J connectivity index is 3.00. The molecule has 14 heavy (non-hydrogen) atoms. The minimum atomic E-state index is 0. The molecule has 0 spiro atoms. The Labute approximate surface area is 90.6 Å². The van der Waals surface area contributed by atoms with Gasteiger partial charge in [0.15, 0.2) is 0 Å². The lowest BCUT2D eigenvalue weighted by atomic mass is 9.90. The van der Waals surface area contributed by atoms with Crippen LogP contribution in [-0.2, 0) is 10.8 Å². The first-order valence-corrected chi connectivity index (χ1v) is 5.82. The maximum atomic E-state index is 5.72. The van der Waals surface area contributed by atoms with Crippen LogP contribution in [0.2, 0.25) is 0 Å². The molecule has 0 unspecified atom stereocenters. The van der Waals surface area contributed by atoms with Crippen LogP contribution in [0.5, 0.6) is 0 Å². The van der Waals surface area contributed by atoms with Crippen LogP contribution in [0.3, 0.4) is 0 Å². The molecule has 0 atom stereocenters. The fraction of sp³-hybridized carbons (Fsp3) is 0.727. The summed E-state index contributed by atoms with van der Waals surface area (Å²) in [4.78, 5) is 4.66. The van der Waals surface area contributed by atoms with Crippen LogP contribution in [0.25, 0.3) is 0 Å². The minimum Gasteiger partial charge on any atom is -0.330 e. The first kappa shape index (κ1) is 11.7. The highest BCUT2D eigenvalue weighted by Crippen LogP contribution is 2.30. The first-order valence-electron chi connectivity index (χ1n) is 4.94. The van der Waals surface area contributed by atoms with Crippen LogP contribution in [0.15, 0.2) is 5.38 Å². The largest absolute Gasteiger partial charge is 0.330 e. The van der Waals surface area contributed by atoms with Crippen LogP contribution >= 0.6 is 11.3 Å². The van der Waals surface area contributed by atoms with Gasteiger partial charge in [-0.1, -0.05) is 34.6 Å². The molecule has 0 fully saturated rings. The van der Waals surface area contributed by atoms with E-state index in [4.69, 9.17) is 5.73 Å².